The van der Waals surface area contributed by atoms with E-state index in [9.17, 15) is 9.90 Å². The highest BCUT2D eigenvalue weighted by atomic mass is 16.5. The first-order valence-electron chi connectivity index (χ1n) is 7.73. The number of hydrogen-bond donors (Lipinski definition) is 1. The lowest BCUT2D eigenvalue weighted by atomic mass is 9.98. The molecule has 1 atom stereocenters. The number of phenolic OH excluding ortho intramolecular Hbond substituents is 1. The van der Waals surface area contributed by atoms with Gasteiger partial charge in [-0.2, -0.15) is 5.26 Å². The number of nitriles is 1. The predicted molar refractivity (Wildman–Crippen MR) is 90.1 cm³/mol. The number of fused-ring (bicyclic) bond motifs is 1. The van der Waals surface area contributed by atoms with Gasteiger partial charge in [-0.05, 0) is 37.1 Å². The topological polar surface area (TPSA) is 73.6 Å². The van der Waals surface area contributed by atoms with Crippen molar-refractivity contribution in [1.29, 1.82) is 5.26 Å². The van der Waals surface area contributed by atoms with E-state index in [2.05, 4.69) is 0 Å². The number of aryl methyl sites for hydroxylation is 2. The van der Waals surface area contributed by atoms with Crippen molar-refractivity contribution in [3.8, 4) is 17.6 Å². The molecule has 1 aliphatic heterocycles. The van der Waals surface area contributed by atoms with E-state index in [0.29, 0.717) is 17.9 Å². The SMILES string of the molecule is Cc1ccc(C)c(CC2Oc3ccc(O)cc3N(CC#N)C2=O)c1. The van der Waals surface area contributed by atoms with Crippen LogP contribution in [0.2, 0.25) is 0 Å². The Morgan fingerprint density at radius 2 is 2.04 bits per heavy atom. The number of rotatable bonds is 3. The van der Waals surface area contributed by atoms with Crippen molar-refractivity contribution in [2.45, 2.75) is 26.4 Å². The number of carbonyl (C=O) groups excluding carboxylic acids is 1. The third-order valence-electron chi connectivity index (χ3n) is 4.18. The molecule has 1 heterocycles. The fraction of sp³-hybridized carbons (Fsp3) is 0.263. The maximum atomic E-state index is 12.8. The van der Waals surface area contributed by atoms with Crippen LogP contribution in [0.1, 0.15) is 16.7 Å². The van der Waals surface area contributed by atoms with Gasteiger partial charge in [-0.1, -0.05) is 23.8 Å². The quantitative estimate of drug-likeness (QED) is 0.882. The second-order valence-corrected chi connectivity index (χ2v) is 5.98. The summed E-state index contributed by atoms with van der Waals surface area (Å²) in [6.45, 7) is 3.93. The number of benzene rings is 2. The zero-order chi connectivity index (χ0) is 17.3. The zero-order valence-corrected chi connectivity index (χ0v) is 13.6. The summed E-state index contributed by atoms with van der Waals surface area (Å²) in [5, 5.41) is 18.7. The molecule has 1 N–H and O–H groups in total. The van der Waals surface area contributed by atoms with Crippen molar-refractivity contribution in [3.63, 3.8) is 0 Å². The van der Waals surface area contributed by atoms with Gasteiger partial charge in [0.2, 0.25) is 0 Å². The highest BCUT2D eigenvalue weighted by molar-refractivity contribution is 6.00. The molecule has 2 aromatic rings. The van der Waals surface area contributed by atoms with Crippen molar-refractivity contribution in [2.75, 3.05) is 11.4 Å². The second kappa shape index (κ2) is 6.25. The molecule has 0 bridgehead atoms. The lowest BCUT2D eigenvalue weighted by molar-refractivity contribution is -0.126. The van der Waals surface area contributed by atoms with E-state index >= 15 is 0 Å². The summed E-state index contributed by atoms with van der Waals surface area (Å²) in [5.41, 5.74) is 3.70. The molecular formula is C19H18N2O3. The van der Waals surface area contributed by atoms with E-state index in [4.69, 9.17) is 10.00 Å². The van der Waals surface area contributed by atoms with Gasteiger partial charge in [-0.3, -0.25) is 9.69 Å². The van der Waals surface area contributed by atoms with Gasteiger partial charge in [0, 0.05) is 12.5 Å². The number of ether oxygens (including phenoxy) is 1. The monoisotopic (exact) mass is 322 g/mol. The molecule has 24 heavy (non-hydrogen) atoms. The Morgan fingerprint density at radius 1 is 1.25 bits per heavy atom. The third kappa shape index (κ3) is 2.91. The fourth-order valence-electron chi connectivity index (χ4n) is 2.90. The smallest absolute Gasteiger partial charge is 0.269 e. The second-order valence-electron chi connectivity index (χ2n) is 5.98. The first kappa shape index (κ1) is 15.9. The average molecular weight is 322 g/mol. The number of carbonyl (C=O) groups is 1. The Labute approximate surface area is 140 Å². The lowest BCUT2D eigenvalue weighted by Gasteiger charge is -2.33. The Kier molecular flexibility index (Phi) is 4.13. The Bertz CT molecular complexity index is 839. The number of hydrogen-bond acceptors (Lipinski definition) is 4. The molecule has 1 aliphatic rings. The van der Waals surface area contributed by atoms with Crippen LogP contribution in [0, 0.1) is 25.2 Å². The molecule has 2 aromatic carbocycles. The Balaban J connectivity index is 1.96. The average Bonchev–Trinajstić information content (AvgIpc) is 2.55. The number of anilines is 1. The molecule has 1 unspecified atom stereocenters. The van der Waals surface area contributed by atoms with Crippen molar-refractivity contribution < 1.29 is 14.6 Å². The van der Waals surface area contributed by atoms with Gasteiger partial charge in [-0.15, -0.1) is 0 Å². The predicted octanol–water partition coefficient (Wildman–Crippen LogP) is 2.87. The molecule has 0 aliphatic carbocycles. The maximum absolute atomic E-state index is 12.8. The zero-order valence-electron chi connectivity index (χ0n) is 13.6. The standard InChI is InChI=1S/C19H18N2O3/c1-12-3-4-13(2)14(9-12)10-18-19(23)21(8-7-20)16-11-15(22)5-6-17(16)24-18/h3-6,9,11,18,22H,8,10H2,1-2H3. The first-order chi connectivity index (χ1) is 11.5. The van der Waals surface area contributed by atoms with Gasteiger partial charge in [0.15, 0.2) is 6.10 Å². The summed E-state index contributed by atoms with van der Waals surface area (Å²) >= 11 is 0. The molecule has 3 rings (SSSR count). The highest BCUT2D eigenvalue weighted by Crippen LogP contribution is 2.37. The summed E-state index contributed by atoms with van der Waals surface area (Å²) < 4.78 is 5.86. The van der Waals surface area contributed by atoms with Gasteiger partial charge in [-0.25, -0.2) is 0 Å². The van der Waals surface area contributed by atoms with E-state index in [1.165, 1.54) is 17.0 Å². The summed E-state index contributed by atoms with van der Waals surface area (Å²) in [4.78, 5) is 14.1. The molecule has 0 radical (unpaired) electrons. The highest BCUT2D eigenvalue weighted by Gasteiger charge is 2.34. The van der Waals surface area contributed by atoms with Crippen molar-refractivity contribution in [2.24, 2.45) is 0 Å². The van der Waals surface area contributed by atoms with Crippen molar-refractivity contribution in [3.05, 3.63) is 53.1 Å². The van der Waals surface area contributed by atoms with E-state index in [1.807, 2.05) is 38.1 Å². The van der Waals surface area contributed by atoms with E-state index < -0.39 is 6.10 Å². The van der Waals surface area contributed by atoms with Gasteiger partial charge < -0.3 is 9.84 Å². The molecule has 122 valence electrons. The maximum Gasteiger partial charge on any atom is 0.269 e. The largest absolute Gasteiger partial charge is 0.508 e. The van der Waals surface area contributed by atoms with Crippen LogP contribution < -0.4 is 9.64 Å². The van der Waals surface area contributed by atoms with Gasteiger partial charge in [0.05, 0.1) is 11.8 Å². The molecule has 0 aromatic heterocycles. The Morgan fingerprint density at radius 3 is 2.79 bits per heavy atom. The van der Waals surface area contributed by atoms with Crippen LogP contribution in [-0.2, 0) is 11.2 Å². The third-order valence-corrected chi connectivity index (χ3v) is 4.18. The molecule has 1 amide bonds. The minimum absolute atomic E-state index is 0.0288. The van der Waals surface area contributed by atoms with Crippen LogP contribution in [-0.4, -0.2) is 23.7 Å². The van der Waals surface area contributed by atoms with Crippen LogP contribution in [0.25, 0.3) is 0 Å². The number of nitrogens with zero attached hydrogens (tertiary/aromatic N) is 2. The number of amides is 1. The molecule has 5 nitrogen and oxygen atoms in total. The normalized spacial score (nSPS) is 16.3. The Hall–Kier alpha value is -3.00. The van der Waals surface area contributed by atoms with Crippen LogP contribution in [0.4, 0.5) is 5.69 Å². The summed E-state index contributed by atoms with van der Waals surface area (Å²) in [7, 11) is 0. The first-order valence-corrected chi connectivity index (χ1v) is 7.73. The van der Waals surface area contributed by atoms with Gasteiger partial charge in [0.1, 0.15) is 18.0 Å². The number of aromatic hydroxyl groups is 1. The molecule has 5 heteroatoms. The van der Waals surface area contributed by atoms with E-state index in [-0.39, 0.29) is 18.2 Å². The molecule has 0 fully saturated rings. The van der Waals surface area contributed by atoms with E-state index in [0.717, 1.165) is 16.7 Å². The molecule has 0 spiro atoms. The number of phenols is 1. The van der Waals surface area contributed by atoms with E-state index in [1.54, 1.807) is 6.07 Å². The van der Waals surface area contributed by atoms with Crippen molar-refractivity contribution >= 4 is 11.6 Å². The van der Waals surface area contributed by atoms with Crippen LogP contribution in [0.15, 0.2) is 36.4 Å². The molecule has 0 saturated carbocycles. The molecular weight excluding hydrogens is 304 g/mol. The van der Waals surface area contributed by atoms with Crippen molar-refractivity contribution in [1.82, 2.24) is 0 Å². The van der Waals surface area contributed by atoms with Crippen LogP contribution in [0.3, 0.4) is 0 Å². The summed E-state index contributed by atoms with van der Waals surface area (Å²) in [5.74, 6) is 0.259. The summed E-state index contributed by atoms with van der Waals surface area (Å²) in [6, 6.07) is 12.7. The summed E-state index contributed by atoms with van der Waals surface area (Å²) in [6.07, 6.45) is -0.245. The lowest BCUT2D eigenvalue weighted by Crippen LogP contribution is -2.47. The minimum Gasteiger partial charge on any atom is -0.508 e. The van der Waals surface area contributed by atoms with Crippen LogP contribution >= 0.6 is 0 Å². The van der Waals surface area contributed by atoms with Crippen LogP contribution in [0.5, 0.6) is 11.5 Å². The van der Waals surface area contributed by atoms with Gasteiger partial charge >= 0.3 is 0 Å². The van der Waals surface area contributed by atoms with Gasteiger partial charge in [0.25, 0.3) is 5.91 Å². The molecule has 0 saturated heterocycles. The minimum atomic E-state index is -0.684. The fourth-order valence-corrected chi connectivity index (χ4v) is 2.90.